The highest BCUT2D eigenvalue weighted by Crippen LogP contribution is 2.21. The predicted molar refractivity (Wildman–Crippen MR) is 77.2 cm³/mol. The molecule has 1 aromatic rings. The second-order valence-corrected chi connectivity index (χ2v) is 5.31. The van der Waals surface area contributed by atoms with E-state index < -0.39 is 0 Å². The van der Waals surface area contributed by atoms with Gasteiger partial charge in [-0.25, -0.2) is 4.39 Å². The first kappa shape index (κ1) is 15.4. The van der Waals surface area contributed by atoms with Gasteiger partial charge in [0.1, 0.15) is 5.82 Å². The Balaban J connectivity index is 1.92. The molecule has 112 valence electrons. The Hall–Kier alpha value is -0.970. The summed E-state index contributed by atoms with van der Waals surface area (Å²) in [6.45, 7) is 6.06. The zero-order valence-electron chi connectivity index (χ0n) is 12.1. The van der Waals surface area contributed by atoms with E-state index in [0.29, 0.717) is 19.1 Å². The summed E-state index contributed by atoms with van der Waals surface area (Å²) in [4.78, 5) is 0. The number of hydrogen-bond donors (Lipinski definition) is 1. The maximum absolute atomic E-state index is 13.4. The fourth-order valence-corrected chi connectivity index (χ4v) is 2.36. The van der Waals surface area contributed by atoms with Crippen LogP contribution in [-0.2, 0) is 9.47 Å². The summed E-state index contributed by atoms with van der Waals surface area (Å²) in [5, 5.41) is 3.35. The zero-order chi connectivity index (χ0) is 14.2. The maximum Gasteiger partial charge on any atom is 0.123 e. The second-order valence-electron chi connectivity index (χ2n) is 5.31. The van der Waals surface area contributed by atoms with Crippen molar-refractivity contribution in [3.63, 3.8) is 0 Å². The van der Waals surface area contributed by atoms with Gasteiger partial charge in [-0.15, -0.1) is 0 Å². The molecule has 2 atom stereocenters. The Morgan fingerprint density at radius 2 is 2.40 bits per heavy atom. The summed E-state index contributed by atoms with van der Waals surface area (Å²) in [7, 11) is 0. The van der Waals surface area contributed by atoms with E-state index in [4.69, 9.17) is 9.47 Å². The molecular formula is C16H24FNO2. The number of rotatable bonds is 8. The van der Waals surface area contributed by atoms with Crippen LogP contribution in [0.3, 0.4) is 0 Å². The van der Waals surface area contributed by atoms with Crippen LogP contribution in [0.5, 0.6) is 0 Å². The van der Waals surface area contributed by atoms with Gasteiger partial charge in [-0.05, 0) is 37.1 Å². The third-order valence-electron chi connectivity index (χ3n) is 3.53. The van der Waals surface area contributed by atoms with E-state index in [9.17, 15) is 4.39 Å². The van der Waals surface area contributed by atoms with Gasteiger partial charge in [0.2, 0.25) is 0 Å². The molecule has 1 heterocycles. The van der Waals surface area contributed by atoms with Crippen molar-refractivity contribution in [1.29, 1.82) is 0 Å². The van der Waals surface area contributed by atoms with Crippen molar-refractivity contribution in [2.24, 2.45) is 5.92 Å². The lowest BCUT2D eigenvalue weighted by Gasteiger charge is -2.21. The lowest BCUT2D eigenvalue weighted by molar-refractivity contribution is 0.0253. The first-order valence-electron chi connectivity index (χ1n) is 7.45. The Kier molecular flexibility index (Phi) is 6.43. The fraction of sp³-hybridized carbons (Fsp3) is 0.625. The van der Waals surface area contributed by atoms with Crippen molar-refractivity contribution in [3.8, 4) is 0 Å². The van der Waals surface area contributed by atoms with Crippen molar-refractivity contribution in [2.45, 2.75) is 25.9 Å². The molecule has 3 nitrogen and oxygen atoms in total. The summed E-state index contributed by atoms with van der Waals surface area (Å²) in [5.74, 6) is 0.257. The summed E-state index contributed by atoms with van der Waals surface area (Å²) < 4.78 is 24.7. The molecule has 1 N–H and O–H groups in total. The van der Waals surface area contributed by atoms with E-state index in [1.54, 1.807) is 12.1 Å². The molecule has 1 saturated heterocycles. The average molecular weight is 281 g/mol. The van der Waals surface area contributed by atoms with Crippen molar-refractivity contribution in [2.75, 3.05) is 32.9 Å². The Labute approximate surface area is 120 Å². The Morgan fingerprint density at radius 3 is 3.10 bits per heavy atom. The normalized spacial score (nSPS) is 20.2. The summed E-state index contributed by atoms with van der Waals surface area (Å²) >= 11 is 0. The molecule has 2 rings (SSSR count). The van der Waals surface area contributed by atoms with Crippen LogP contribution in [0.1, 0.15) is 31.4 Å². The molecule has 4 heteroatoms. The van der Waals surface area contributed by atoms with Crippen LogP contribution in [0.4, 0.5) is 4.39 Å². The maximum atomic E-state index is 13.4. The van der Waals surface area contributed by atoms with Gasteiger partial charge >= 0.3 is 0 Å². The third kappa shape index (κ3) is 4.85. The fourth-order valence-electron chi connectivity index (χ4n) is 2.36. The first-order valence-corrected chi connectivity index (χ1v) is 7.45. The monoisotopic (exact) mass is 281 g/mol. The van der Waals surface area contributed by atoms with Gasteiger partial charge in [-0.3, -0.25) is 0 Å². The number of benzene rings is 1. The number of halogens is 1. The molecular weight excluding hydrogens is 257 g/mol. The molecule has 0 aliphatic carbocycles. The van der Waals surface area contributed by atoms with Gasteiger partial charge in [0, 0.05) is 19.1 Å². The average Bonchev–Trinajstić information content (AvgIpc) is 2.96. The van der Waals surface area contributed by atoms with E-state index in [0.717, 1.165) is 38.2 Å². The van der Waals surface area contributed by atoms with Crippen LogP contribution < -0.4 is 5.32 Å². The van der Waals surface area contributed by atoms with E-state index in [-0.39, 0.29) is 11.9 Å². The minimum absolute atomic E-state index is 0.0992. The molecule has 0 spiro atoms. The predicted octanol–water partition coefficient (Wildman–Crippen LogP) is 2.92. The Morgan fingerprint density at radius 1 is 1.50 bits per heavy atom. The zero-order valence-corrected chi connectivity index (χ0v) is 12.1. The van der Waals surface area contributed by atoms with Crippen LogP contribution in [0.2, 0.25) is 0 Å². The van der Waals surface area contributed by atoms with Crippen LogP contribution in [0.25, 0.3) is 0 Å². The lowest BCUT2D eigenvalue weighted by Crippen LogP contribution is -2.25. The lowest BCUT2D eigenvalue weighted by atomic mass is 10.1. The van der Waals surface area contributed by atoms with E-state index in [1.165, 1.54) is 6.07 Å². The number of ether oxygens (including phenoxy) is 2. The van der Waals surface area contributed by atoms with Crippen LogP contribution >= 0.6 is 0 Å². The van der Waals surface area contributed by atoms with Crippen LogP contribution in [0, 0.1) is 11.7 Å². The van der Waals surface area contributed by atoms with Crippen molar-refractivity contribution < 1.29 is 13.9 Å². The SMILES string of the molecule is CCCNCC(OCC1CCOC1)c1cccc(F)c1. The van der Waals surface area contributed by atoms with Crippen LogP contribution in [-0.4, -0.2) is 32.9 Å². The topological polar surface area (TPSA) is 30.5 Å². The molecule has 0 saturated carbocycles. The standard InChI is InChI=1S/C16H24FNO2/c1-2-7-18-10-16(14-4-3-5-15(17)9-14)20-12-13-6-8-19-11-13/h3-5,9,13,16,18H,2,6-8,10-12H2,1H3. The molecule has 1 aliphatic heterocycles. The smallest absolute Gasteiger partial charge is 0.123 e. The molecule has 0 radical (unpaired) electrons. The second kappa shape index (κ2) is 8.35. The van der Waals surface area contributed by atoms with Crippen LogP contribution in [0.15, 0.2) is 24.3 Å². The van der Waals surface area contributed by atoms with Crippen molar-refractivity contribution >= 4 is 0 Å². The third-order valence-corrected chi connectivity index (χ3v) is 3.53. The molecule has 0 bridgehead atoms. The Bertz CT molecular complexity index is 394. The summed E-state index contributed by atoms with van der Waals surface area (Å²) in [6, 6.07) is 6.68. The van der Waals surface area contributed by atoms with Gasteiger partial charge in [0.25, 0.3) is 0 Å². The highest BCUT2D eigenvalue weighted by atomic mass is 19.1. The molecule has 1 aromatic carbocycles. The first-order chi connectivity index (χ1) is 9.79. The molecule has 1 fully saturated rings. The minimum atomic E-state index is -0.212. The van der Waals surface area contributed by atoms with Gasteiger partial charge in [-0.2, -0.15) is 0 Å². The van der Waals surface area contributed by atoms with Crippen molar-refractivity contribution in [3.05, 3.63) is 35.6 Å². The highest BCUT2D eigenvalue weighted by molar-refractivity contribution is 5.19. The van der Waals surface area contributed by atoms with E-state index in [1.807, 2.05) is 6.07 Å². The van der Waals surface area contributed by atoms with Gasteiger partial charge in [-0.1, -0.05) is 19.1 Å². The quantitative estimate of drug-likeness (QED) is 0.743. The molecule has 0 amide bonds. The van der Waals surface area contributed by atoms with Crippen molar-refractivity contribution in [1.82, 2.24) is 5.32 Å². The summed E-state index contributed by atoms with van der Waals surface area (Å²) in [5.41, 5.74) is 0.896. The number of hydrogen-bond acceptors (Lipinski definition) is 3. The molecule has 20 heavy (non-hydrogen) atoms. The largest absolute Gasteiger partial charge is 0.381 e. The van der Waals surface area contributed by atoms with Gasteiger partial charge in [0.15, 0.2) is 0 Å². The highest BCUT2D eigenvalue weighted by Gasteiger charge is 2.19. The van der Waals surface area contributed by atoms with E-state index in [2.05, 4.69) is 12.2 Å². The molecule has 1 aliphatic rings. The van der Waals surface area contributed by atoms with E-state index >= 15 is 0 Å². The molecule has 0 aromatic heterocycles. The summed E-state index contributed by atoms with van der Waals surface area (Å²) in [6.07, 6.45) is 2.03. The minimum Gasteiger partial charge on any atom is -0.381 e. The van der Waals surface area contributed by atoms with Gasteiger partial charge in [0.05, 0.1) is 19.3 Å². The van der Waals surface area contributed by atoms with Gasteiger partial charge < -0.3 is 14.8 Å². The number of nitrogens with one attached hydrogen (secondary N) is 1. The molecule has 2 unspecified atom stereocenters.